The van der Waals surface area contributed by atoms with Crippen molar-refractivity contribution in [3.05, 3.63) is 70.6 Å². The Bertz CT molecular complexity index is 1610. The van der Waals surface area contributed by atoms with Crippen molar-refractivity contribution in [1.29, 1.82) is 0 Å². The Hall–Kier alpha value is -3.63. The van der Waals surface area contributed by atoms with Crippen molar-refractivity contribution in [2.45, 2.75) is 13.8 Å². The van der Waals surface area contributed by atoms with Crippen LogP contribution in [0.3, 0.4) is 0 Å². The Morgan fingerprint density at radius 3 is 2.53 bits per heavy atom. The Kier molecular flexibility index (Phi) is 5.77. The number of para-hydroxylation sites is 2. The summed E-state index contributed by atoms with van der Waals surface area (Å²) < 4.78 is 15.3. The Morgan fingerprint density at radius 2 is 1.75 bits per heavy atom. The number of amides is 1. The topological polar surface area (TPSA) is 74.2 Å². The van der Waals surface area contributed by atoms with E-state index < -0.39 is 0 Å². The second-order valence-electron chi connectivity index (χ2n) is 8.75. The minimum Gasteiger partial charge on any atom is -0.366 e. The van der Waals surface area contributed by atoms with Crippen molar-refractivity contribution in [2.75, 3.05) is 41.3 Å². The van der Waals surface area contributed by atoms with Gasteiger partial charge in [0.2, 0.25) is 0 Å². The average Bonchev–Trinajstić information content (AvgIpc) is 3.46. The molecule has 1 amide bonds. The quantitative estimate of drug-likeness (QED) is 0.332. The number of hydrogen-bond donors (Lipinski definition) is 1. The van der Waals surface area contributed by atoms with Gasteiger partial charge in [-0.05, 0) is 43.2 Å². The van der Waals surface area contributed by atoms with E-state index in [1.807, 2.05) is 44.2 Å². The van der Waals surface area contributed by atoms with E-state index in [0.29, 0.717) is 41.9 Å². The van der Waals surface area contributed by atoms with Gasteiger partial charge in [0.25, 0.3) is 5.91 Å². The molecule has 3 aromatic heterocycles. The molecular formula is C26H23FN6OS2. The van der Waals surface area contributed by atoms with Crippen LogP contribution in [0.2, 0.25) is 0 Å². The molecule has 10 heteroatoms. The van der Waals surface area contributed by atoms with Crippen LogP contribution in [-0.4, -0.2) is 47.0 Å². The molecule has 36 heavy (non-hydrogen) atoms. The van der Waals surface area contributed by atoms with Crippen molar-refractivity contribution in [3.8, 4) is 0 Å². The highest BCUT2D eigenvalue weighted by Gasteiger charge is 2.25. The molecule has 0 unspecified atom stereocenters. The molecule has 1 aliphatic rings. The number of carbonyl (C=O) groups is 1. The summed E-state index contributed by atoms with van der Waals surface area (Å²) in [6.07, 6.45) is 1.55. The van der Waals surface area contributed by atoms with E-state index in [1.54, 1.807) is 12.4 Å². The fourth-order valence-corrected chi connectivity index (χ4v) is 6.65. The van der Waals surface area contributed by atoms with E-state index in [-0.39, 0.29) is 11.7 Å². The van der Waals surface area contributed by atoms with E-state index in [0.717, 1.165) is 37.4 Å². The van der Waals surface area contributed by atoms with E-state index >= 15 is 0 Å². The fourth-order valence-electron chi connectivity index (χ4n) is 4.67. The lowest BCUT2D eigenvalue weighted by molar-refractivity contribution is 0.103. The predicted octanol–water partition coefficient (Wildman–Crippen LogP) is 5.64. The maximum atomic E-state index is 14.3. The summed E-state index contributed by atoms with van der Waals surface area (Å²) in [5, 5.41) is 4.46. The normalized spacial score (nSPS) is 14.1. The van der Waals surface area contributed by atoms with Crippen LogP contribution in [-0.2, 0) is 0 Å². The van der Waals surface area contributed by atoms with Gasteiger partial charge in [-0.3, -0.25) is 10.1 Å². The molecule has 2 aromatic carbocycles. The maximum absolute atomic E-state index is 14.3. The monoisotopic (exact) mass is 518 g/mol. The van der Waals surface area contributed by atoms with E-state index in [4.69, 9.17) is 0 Å². The summed E-state index contributed by atoms with van der Waals surface area (Å²) in [5.41, 5.74) is 3.48. The number of nitrogens with one attached hydrogen (secondary N) is 1. The number of nitrogens with zero attached hydrogens (tertiary/aromatic N) is 5. The zero-order chi connectivity index (χ0) is 24.8. The van der Waals surface area contributed by atoms with Gasteiger partial charge in [-0.25, -0.2) is 19.3 Å². The molecule has 7 nitrogen and oxygen atoms in total. The summed E-state index contributed by atoms with van der Waals surface area (Å²) in [7, 11) is 0. The first-order valence-electron chi connectivity index (χ1n) is 11.7. The zero-order valence-electron chi connectivity index (χ0n) is 19.8. The first-order chi connectivity index (χ1) is 17.5. The third-order valence-electron chi connectivity index (χ3n) is 6.53. The molecule has 4 heterocycles. The molecule has 0 saturated carbocycles. The van der Waals surface area contributed by atoms with Gasteiger partial charge in [-0.2, -0.15) is 0 Å². The predicted molar refractivity (Wildman–Crippen MR) is 145 cm³/mol. The number of anilines is 3. The number of fused-ring (bicyclic) bond motifs is 2. The number of piperazine rings is 1. The lowest BCUT2D eigenvalue weighted by Gasteiger charge is -2.37. The van der Waals surface area contributed by atoms with Gasteiger partial charge in [-0.15, -0.1) is 11.3 Å². The summed E-state index contributed by atoms with van der Waals surface area (Å²) in [6, 6.07) is 12.9. The van der Waals surface area contributed by atoms with Crippen molar-refractivity contribution in [3.63, 3.8) is 0 Å². The van der Waals surface area contributed by atoms with Gasteiger partial charge in [-0.1, -0.05) is 35.6 Å². The second kappa shape index (κ2) is 9.11. The number of thiazole rings is 1. The van der Waals surface area contributed by atoms with Gasteiger partial charge in [0.05, 0.1) is 26.2 Å². The van der Waals surface area contributed by atoms with Gasteiger partial charge in [0.1, 0.15) is 22.8 Å². The molecule has 182 valence electrons. The van der Waals surface area contributed by atoms with Crippen molar-refractivity contribution < 1.29 is 9.18 Å². The number of aryl methyl sites for hydroxylation is 2. The highest BCUT2D eigenvalue weighted by atomic mass is 32.1. The van der Waals surface area contributed by atoms with E-state index in [1.165, 1.54) is 28.7 Å². The van der Waals surface area contributed by atoms with Crippen LogP contribution in [0.4, 0.5) is 21.0 Å². The van der Waals surface area contributed by atoms with Crippen LogP contribution in [0, 0.1) is 19.7 Å². The summed E-state index contributed by atoms with van der Waals surface area (Å²) in [4.78, 5) is 32.5. The average molecular weight is 519 g/mol. The number of thiophene rings is 1. The molecule has 0 aliphatic carbocycles. The van der Waals surface area contributed by atoms with Crippen molar-refractivity contribution >= 4 is 65.7 Å². The third-order valence-corrected chi connectivity index (χ3v) is 8.66. The number of rotatable bonds is 4. The Balaban J connectivity index is 1.25. The Morgan fingerprint density at radius 1 is 0.972 bits per heavy atom. The first-order valence-corrected chi connectivity index (χ1v) is 13.3. The molecule has 0 radical (unpaired) electrons. The lowest BCUT2D eigenvalue weighted by Crippen LogP contribution is -2.47. The van der Waals surface area contributed by atoms with Crippen LogP contribution in [0.5, 0.6) is 0 Å². The third kappa shape index (κ3) is 3.96. The van der Waals surface area contributed by atoms with Gasteiger partial charge >= 0.3 is 0 Å². The molecule has 1 saturated heterocycles. The van der Waals surface area contributed by atoms with Crippen LogP contribution in [0.15, 0.2) is 48.8 Å². The molecule has 0 spiro atoms. The molecule has 1 fully saturated rings. The summed E-state index contributed by atoms with van der Waals surface area (Å²) in [6.45, 7) is 6.71. The number of benzene rings is 2. The molecular weight excluding hydrogens is 495 g/mol. The largest absolute Gasteiger partial charge is 0.366 e. The lowest BCUT2D eigenvalue weighted by atomic mass is 10.1. The highest BCUT2D eigenvalue weighted by molar-refractivity contribution is 7.23. The van der Waals surface area contributed by atoms with Crippen LogP contribution in [0.1, 0.15) is 20.8 Å². The minimum absolute atomic E-state index is 0.192. The van der Waals surface area contributed by atoms with Gasteiger partial charge in [0.15, 0.2) is 5.13 Å². The molecule has 6 rings (SSSR count). The van der Waals surface area contributed by atoms with Crippen LogP contribution < -0.4 is 15.1 Å². The number of aromatic nitrogens is 3. The molecule has 0 bridgehead atoms. The fraction of sp³-hybridized carbons (Fsp3) is 0.231. The number of carbonyl (C=O) groups excluding carboxylic acids is 1. The molecule has 1 aliphatic heterocycles. The van der Waals surface area contributed by atoms with E-state index in [9.17, 15) is 9.18 Å². The van der Waals surface area contributed by atoms with Crippen LogP contribution >= 0.6 is 22.7 Å². The summed E-state index contributed by atoms with van der Waals surface area (Å²) >= 11 is 2.83. The maximum Gasteiger partial charge on any atom is 0.267 e. The zero-order valence-corrected chi connectivity index (χ0v) is 21.4. The standard InChI is InChI=1S/C26H23FN6OS2/c1-15-6-5-9-19-21(15)30-26(35-19)31-24(34)22-16(2)20-23(28-14-29-25(20)36-22)33-12-10-32(11-13-33)18-8-4-3-7-17(18)27/h3-9,14H,10-13H2,1-2H3,(H,30,31,34). The van der Waals surface area contributed by atoms with Crippen molar-refractivity contribution in [1.82, 2.24) is 15.0 Å². The second-order valence-corrected chi connectivity index (χ2v) is 10.8. The first kappa shape index (κ1) is 22.8. The molecule has 1 N–H and O–H groups in total. The number of halogens is 1. The SMILES string of the molecule is Cc1cccc2sc(NC(=O)c3sc4ncnc(N5CCN(c6ccccc6F)CC5)c4c3C)nc12. The van der Waals surface area contributed by atoms with Crippen LogP contribution in [0.25, 0.3) is 20.4 Å². The van der Waals surface area contributed by atoms with Gasteiger partial charge < -0.3 is 9.80 Å². The van der Waals surface area contributed by atoms with Gasteiger partial charge in [0, 0.05) is 26.2 Å². The van der Waals surface area contributed by atoms with E-state index in [2.05, 4.69) is 30.1 Å². The Labute approximate surface area is 215 Å². The molecule has 0 atom stereocenters. The minimum atomic E-state index is -0.206. The molecule has 5 aromatic rings. The number of hydrogen-bond acceptors (Lipinski definition) is 8. The highest BCUT2D eigenvalue weighted by Crippen LogP contribution is 2.36. The smallest absolute Gasteiger partial charge is 0.267 e. The van der Waals surface area contributed by atoms with Crippen molar-refractivity contribution in [2.24, 2.45) is 0 Å². The summed E-state index contributed by atoms with van der Waals surface area (Å²) in [5.74, 6) is 0.419.